The molecule has 13 heavy (non-hydrogen) atoms. The van der Waals surface area contributed by atoms with Crippen LogP contribution in [0.3, 0.4) is 0 Å². The van der Waals surface area contributed by atoms with Crippen LogP contribution in [-0.4, -0.2) is 12.6 Å². The van der Waals surface area contributed by atoms with E-state index in [1.165, 1.54) is 24.3 Å². The predicted octanol–water partition coefficient (Wildman–Crippen LogP) is 2.17. The first kappa shape index (κ1) is 9.55. The van der Waals surface area contributed by atoms with Crippen LogP contribution in [-0.2, 0) is 4.79 Å². The quantitative estimate of drug-likeness (QED) is 0.521. The highest BCUT2D eigenvalue weighted by atomic mass is 19.1. The van der Waals surface area contributed by atoms with Crippen molar-refractivity contribution in [3.05, 3.63) is 35.6 Å². The number of rotatable bonds is 3. The van der Waals surface area contributed by atoms with Crippen LogP contribution in [0, 0.1) is 5.82 Å². The summed E-state index contributed by atoms with van der Waals surface area (Å²) in [5, 5.41) is 0. The molecule has 0 spiro atoms. The molecule has 0 amide bonds. The molecule has 0 bridgehead atoms. The van der Waals surface area contributed by atoms with Crippen molar-refractivity contribution in [1.29, 1.82) is 0 Å². The van der Waals surface area contributed by atoms with E-state index >= 15 is 0 Å². The monoisotopic (exact) mass is 183 g/mol. The Kier molecular flexibility index (Phi) is 3.29. The molecule has 68 valence electrons. The lowest BCUT2D eigenvalue weighted by Gasteiger charge is -2.03. The molecule has 0 saturated heterocycles. The normalized spacial score (nSPS) is 11.8. The van der Waals surface area contributed by atoms with Gasteiger partial charge in [-0.1, -0.05) is 12.1 Å². The molecule has 1 aromatic rings. The molecular weight excluding hydrogens is 176 g/mol. The molecule has 2 nitrogen and oxygen atoms in total. The van der Waals surface area contributed by atoms with Gasteiger partial charge in [-0.05, 0) is 17.7 Å². The van der Waals surface area contributed by atoms with E-state index in [2.05, 4.69) is 4.99 Å². The summed E-state index contributed by atoms with van der Waals surface area (Å²) in [5.74, 6) is -0.504. The van der Waals surface area contributed by atoms with Crippen molar-refractivity contribution < 1.29 is 13.6 Å². The lowest BCUT2D eigenvalue weighted by molar-refractivity contribution is 0.352. The van der Waals surface area contributed by atoms with Crippen LogP contribution in [0.15, 0.2) is 29.3 Å². The van der Waals surface area contributed by atoms with Crippen LogP contribution in [0.2, 0.25) is 0 Å². The minimum absolute atomic E-state index is 0.180. The van der Waals surface area contributed by atoms with E-state index < -0.39 is 12.0 Å². The molecule has 0 fully saturated rings. The topological polar surface area (TPSA) is 29.4 Å². The van der Waals surface area contributed by atoms with E-state index in [1.807, 2.05) is 0 Å². The number of hydrogen-bond acceptors (Lipinski definition) is 2. The van der Waals surface area contributed by atoms with Gasteiger partial charge in [-0.3, -0.25) is 0 Å². The molecule has 4 heteroatoms. The summed E-state index contributed by atoms with van der Waals surface area (Å²) >= 11 is 0. The van der Waals surface area contributed by atoms with Gasteiger partial charge in [0.1, 0.15) is 12.0 Å². The minimum Gasteiger partial charge on any atom is -0.240 e. The van der Waals surface area contributed by atoms with Gasteiger partial charge < -0.3 is 0 Å². The molecule has 0 aliphatic carbocycles. The third kappa shape index (κ3) is 2.76. The van der Waals surface area contributed by atoms with Crippen LogP contribution < -0.4 is 0 Å². The molecule has 0 radical (unpaired) electrons. The van der Waals surface area contributed by atoms with E-state index in [0.29, 0.717) is 0 Å². The van der Waals surface area contributed by atoms with Crippen LogP contribution >= 0.6 is 0 Å². The first-order valence-corrected chi connectivity index (χ1v) is 3.67. The van der Waals surface area contributed by atoms with Gasteiger partial charge in [-0.25, -0.2) is 18.6 Å². The van der Waals surface area contributed by atoms with Gasteiger partial charge in [-0.15, -0.1) is 0 Å². The molecule has 0 aliphatic rings. The van der Waals surface area contributed by atoms with Crippen LogP contribution in [0.4, 0.5) is 8.78 Å². The van der Waals surface area contributed by atoms with Gasteiger partial charge in [0.2, 0.25) is 6.08 Å². The number of isocyanates is 1. The summed E-state index contributed by atoms with van der Waals surface area (Å²) in [6.45, 7) is -0.313. The maximum absolute atomic E-state index is 13.1. The summed E-state index contributed by atoms with van der Waals surface area (Å²) in [6, 6.07) is 5.14. The highest BCUT2D eigenvalue weighted by Crippen LogP contribution is 2.17. The molecule has 1 aromatic carbocycles. The molecule has 1 unspecified atom stereocenters. The maximum atomic E-state index is 13.1. The number of aliphatic imine (C=N–C) groups is 1. The van der Waals surface area contributed by atoms with Gasteiger partial charge in [-0.2, -0.15) is 0 Å². The standard InChI is InChI=1S/C9H7F2NO/c10-8-3-1-2-7(4-8)9(11)5-12-6-13/h1-4,9H,5H2. The minimum atomic E-state index is -1.45. The van der Waals surface area contributed by atoms with Crippen molar-refractivity contribution in [2.24, 2.45) is 4.99 Å². The van der Waals surface area contributed by atoms with Crippen LogP contribution in [0.1, 0.15) is 11.7 Å². The Morgan fingerprint density at radius 1 is 1.54 bits per heavy atom. The van der Waals surface area contributed by atoms with Crippen LogP contribution in [0.25, 0.3) is 0 Å². The second-order valence-electron chi connectivity index (χ2n) is 2.45. The first-order chi connectivity index (χ1) is 6.24. The average molecular weight is 183 g/mol. The first-order valence-electron chi connectivity index (χ1n) is 3.67. The third-order valence-corrected chi connectivity index (χ3v) is 1.53. The summed E-state index contributed by atoms with van der Waals surface area (Å²) in [4.78, 5) is 12.7. The zero-order valence-electron chi connectivity index (χ0n) is 6.71. The highest BCUT2D eigenvalue weighted by Gasteiger charge is 2.08. The lowest BCUT2D eigenvalue weighted by atomic mass is 10.1. The largest absolute Gasteiger partial charge is 0.240 e. The fourth-order valence-electron chi connectivity index (χ4n) is 0.924. The third-order valence-electron chi connectivity index (χ3n) is 1.53. The van der Waals surface area contributed by atoms with Crippen molar-refractivity contribution in [3.63, 3.8) is 0 Å². The Bertz CT molecular complexity index is 334. The van der Waals surface area contributed by atoms with Crippen LogP contribution in [0.5, 0.6) is 0 Å². The Labute approximate surface area is 73.9 Å². The van der Waals surface area contributed by atoms with E-state index in [-0.39, 0.29) is 12.1 Å². The van der Waals surface area contributed by atoms with E-state index in [1.54, 1.807) is 0 Å². The Balaban J connectivity index is 2.76. The van der Waals surface area contributed by atoms with Gasteiger partial charge in [0.25, 0.3) is 0 Å². The number of halogens is 2. The number of carbonyl (C=O) groups excluding carboxylic acids is 1. The molecule has 1 atom stereocenters. The maximum Gasteiger partial charge on any atom is 0.235 e. The summed E-state index contributed by atoms with van der Waals surface area (Å²) < 4.78 is 25.6. The van der Waals surface area contributed by atoms with Crippen molar-refractivity contribution in [3.8, 4) is 0 Å². The van der Waals surface area contributed by atoms with E-state index in [9.17, 15) is 13.6 Å². The molecule has 0 saturated carbocycles. The Morgan fingerprint density at radius 3 is 2.92 bits per heavy atom. The average Bonchev–Trinajstić information content (AvgIpc) is 2.14. The molecule has 1 rings (SSSR count). The fraction of sp³-hybridized carbons (Fsp3) is 0.222. The Hall–Kier alpha value is -1.54. The van der Waals surface area contributed by atoms with Gasteiger partial charge in [0.15, 0.2) is 0 Å². The van der Waals surface area contributed by atoms with Gasteiger partial charge in [0, 0.05) is 0 Å². The highest BCUT2D eigenvalue weighted by molar-refractivity contribution is 5.33. The lowest BCUT2D eigenvalue weighted by Crippen LogP contribution is -1.96. The van der Waals surface area contributed by atoms with E-state index in [0.717, 1.165) is 6.07 Å². The van der Waals surface area contributed by atoms with Gasteiger partial charge >= 0.3 is 0 Å². The molecule has 0 N–H and O–H groups in total. The molecule has 0 aromatic heterocycles. The smallest absolute Gasteiger partial charge is 0.235 e. The summed E-state index contributed by atoms with van der Waals surface area (Å²) in [5.41, 5.74) is 0.180. The van der Waals surface area contributed by atoms with Crippen molar-refractivity contribution in [1.82, 2.24) is 0 Å². The SMILES string of the molecule is O=C=NCC(F)c1cccc(F)c1. The van der Waals surface area contributed by atoms with Crippen molar-refractivity contribution in [2.75, 3.05) is 6.54 Å². The van der Waals surface area contributed by atoms with E-state index in [4.69, 9.17) is 0 Å². The zero-order valence-corrected chi connectivity index (χ0v) is 6.71. The molecule has 0 heterocycles. The molecule has 0 aliphatic heterocycles. The number of hydrogen-bond donors (Lipinski definition) is 0. The summed E-state index contributed by atoms with van der Waals surface area (Å²) in [6.07, 6.45) is -0.223. The fourth-order valence-corrected chi connectivity index (χ4v) is 0.924. The van der Waals surface area contributed by atoms with Gasteiger partial charge in [0.05, 0.1) is 6.54 Å². The second-order valence-corrected chi connectivity index (χ2v) is 2.45. The Morgan fingerprint density at radius 2 is 2.31 bits per heavy atom. The predicted molar refractivity (Wildman–Crippen MR) is 43.2 cm³/mol. The second kappa shape index (κ2) is 4.48. The zero-order chi connectivity index (χ0) is 9.68. The number of nitrogens with zero attached hydrogens (tertiary/aromatic N) is 1. The van der Waals surface area contributed by atoms with Crippen molar-refractivity contribution >= 4 is 6.08 Å². The molecular formula is C9H7F2NO. The van der Waals surface area contributed by atoms with Crippen molar-refractivity contribution in [2.45, 2.75) is 6.17 Å². The summed E-state index contributed by atoms with van der Waals surface area (Å²) in [7, 11) is 0. The number of benzene rings is 1. The number of alkyl halides is 1.